The Morgan fingerprint density at radius 3 is 2.27 bits per heavy atom. The van der Waals surface area contributed by atoms with Crippen molar-refractivity contribution in [2.45, 2.75) is 50.6 Å². The smallest absolute Gasteiger partial charge is 0.409 e. The van der Waals surface area contributed by atoms with E-state index in [1.807, 2.05) is 12.2 Å². The van der Waals surface area contributed by atoms with E-state index < -0.39 is 32.5 Å². The molecule has 2 atom stereocenters. The lowest BCUT2D eigenvalue weighted by atomic mass is 10.1. The van der Waals surface area contributed by atoms with Crippen LogP contribution in [0.3, 0.4) is 0 Å². The van der Waals surface area contributed by atoms with Crippen LogP contribution in [0.25, 0.3) is 0 Å². The van der Waals surface area contributed by atoms with Gasteiger partial charge in [-0.15, -0.1) is 0 Å². The summed E-state index contributed by atoms with van der Waals surface area (Å²) < 4.78 is 80.5. The highest BCUT2D eigenvalue weighted by atomic mass is 28.4. The molecule has 0 aromatic heterocycles. The minimum absolute atomic E-state index is 0.0468. The number of halogens is 6. The third-order valence-corrected chi connectivity index (χ3v) is 8.15. The Balaban J connectivity index is 2.78. The number of alkyl halides is 6. The van der Waals surface area contributed by atoms with Gasteiger partial charge in [0.15, 0.2) is 0 Å². The molecule has 0 radical (unpaired) electrons. The fourth-order valence-corrected chi connectivity index (χ4v) is 5.06. The largest absolute Gasteiger partial charge is 0.415 e. The fourth-order valence-electron chi connectivity index (χ4n) is 2.38. The highest BCUT2D eigenvalue weighted by Crippen LogP contribution is 2.39. The predicted octanol–water partition coefficient (Wildman–Crippen LogP) is 3.55. The van der Waals surface area contributed by atoms with E-state index in [1.54, 1.807) is 6.55 Å². The van der Waals surface area contributed by atoms with Gasteiger partial charge in [0.05, 0.1) is 0 Å². The van der Waals surface area contributed by atoms with Crippen molar-refractivity contribution in [1.29, 1.82) is 0 Å². The van der Waals surface area contributed by atoms with E-state index in [4.69, 9.17) is 4.43 Å². The monoisotopic (exact) mass is 351 g/mol. The minimum atomic E-state index is -5.67. The first-order valence-electron chi connectivity index (χ1n) is 6.93. The van der Waals surface area contributed by atoms with Crippen molar-refractivity contribution in [2.24, 2.45) is 5.92 Å². The van der Waals surface area contributed by atoms with E-state index in [0.29, 0.717) is 6.61 Å². The standard InChI is InChI=1S/C12H19F6NO2Si/c1-8-5-3-4-6-21-22(8,2)7-19-10(20)9(11(13,14)15)12(16,17)18/h8-9H,3-7H2,1-2H3,(H,19,20). The Bertz CT molecular complexity index is 386. The number of rotatable bonds is 3. The number of carbonyl (C=O) groups is 1. The maximum atomic E-state index is 12.5. The Morgan fingerprint density at radius 2 is 1.77 bits per heavy atom. The number of hydrogen-bond acceptors (Lipinski definition) is 2. The molecule has 10 heteroatoms. The zero-order chi connectivity index (χ0) is 17.2. The van der Waals surface area contributed by atoms with Crippen LogP contribution in [0, 0.1) is 5.92 Å². The van der Waals surface area contributed by atoms with Crippen LogP contribution in [0.5, 0.6) is 0 Å². The lowest BCUT2D eigenvalue weighted by Gasteiger charge is -2.32. The summed E-state index contributed by atoms with van der Waals surface area (Å²) in [6.45, 7) is 4.00. The molecule has 0 bridgehead atoms. The molecule has 1 aliphatic heterocycles. The summed E-state index contributed by atoms with van der Waals surface area (Å²) in [5, 5.41) is 1.82. The lowest BCUT2D eigenvalue weighted by molar-refractivity contribution is -0.274. The molecule has 0 spiro atoms. The maximum absolute atomic E-state index is 12.5. The zero-order valence-corrected chi connectivity index (χ0v) is 13.3. The third-order valence-electron chi connectivity index (χ3n) is 4.04. The minimum Gasteiger partial charge on any atom is -0.415 e. The molecule has 1 rings (SSSR count). The molecule has 130 valence electrons. The van der Waals surface area contributed by atoms with Gasteiger partial charge in [-0.1, -0.05) is 19.8 Å². The van der Waals surface area contributed by atoms with Gasteiger partial charge in [-0.2, -0.15) is 26.3 Å². The van der Waals surface area contributed by atoms with Crippen molar-refractivity contribution < 1.29 is 35.6 Å². The molecule has 1 fully saturated rings. The van der Waals surface area contributed by atoms with Gasteiger partial charge >= 0.3 is 12.4 Å². The van der Waals surface area contributed by atoms with Gasteiger partial charge in [0, 0.05) is 12.8 Å². The molecule has 1 aliphatic rings. The summed E-state index contributed by atoms with van der Waals surface area (Å²) in [5.41, 5.74) is 0.0468. The number of carbonyl (C=O) groups excluding carboxylic acids is 1. The van der Waals surface area contributed by atoms with Gasteiger partial charge in [0.25, 0.3) is 0 Å². The molecule has 1 saturated heterocycles. The van der Waals surface area contributed by atoms with Crippen molar-refractivity contribution in [3.05, 3.63) is 0 Å². The Morgan fingerprint density at radius 1 is 1.23 bits per heavy atom. The van der Waals surface area contributed by atoms with Gasteiger partial charge in [-0.25, -0.2) is 0 Å². The van der Waals surface area contributed by atoms with Crippen molar-refractivity contribution in [3.8, 4) is 0 Å². The van der Waals surface area contributed by atoms with Crippen LogP contribution in [0.1, 0.15) is 26.2 Å². The SMILES string of the molecule is CC1CCCCO[Si]1(C)CNC(=O)C(C(F)(F)F)C(F)(F)F. The number of nitrogens with one attached hydrogen (secondary N) is 1. The number of amides is 1. The van der Waals surface area contributed by atoms with Crippen molar-refractivity contribution in [3.63, 3.8) is 0 Å². The summed E-state index contributed by atoms with van der Waals surface area (Å²) in [5.74, 6) is -6.06. The Hall–Kier alpha value is -0.773. The molecule has 1 heterocycles. The molecular formula is C12H19F6NO2Si. The van der Waals surface area contributed by atoms with Crippen LogP contribution in [-0.4, -0.2) is 39.4 Å². The normalized spacial score (nSPS) is 27.6. The van der Waals surface area contributed by atoms with E-state index in [0.717, 1.165) is 19.3 Å². The first-order chi connectivity index (χ1) is 9.88. The fraction of sp³-hybridized carbons (Fsp3) is 0.917. The Kier molecular flexibility index (Phi) is 5.93. The number of hydrogen-bond donors (Lipinski definition) is 1. The molecule has 2 unspecified atom stereocenters. The van der Waals surface area contributed by atoms with Gasteiger partial charge in [-0.3, -0.25) is 4.79 Å². The van der Waals surface area contributed by atoms with Crippen LogP contribution in [0.4, 0.5) is 26.3 Å². The summed E-state index contributed by atoms with van der Waals surface area (Å²) in [4.78, 5) is 11.4. The van der Waals surface area contributed by atoms with Crippen LogP contribution < -0.4 is 5.32 Å². The topological polar surface area (TPSA) is 38.3 Å². The average molecular weight is 351 g/mol. The highest BCUT2D eigenvalue weighted by molar-refractivity contribution is 6.74. The zero-order valence-electron chi connectivity index (χ0n) is 12.3. The maximum Gasteiger partial charge on any atom is 0.409 e. The van der Waals surface area contributed by atoms with E-state index in [1.165, 1.54) is 0 Å². The summed E-state index contributed by atoms with van der Waals surface area (Å²) in [6.07, 6.45) is -9.10. The summed E-state index contributed by atoms with van der Waals surface area (Å²) in [6, 6.07) is 0. The van der Waals surface area contributed by atoms with Crippen molar-refractivity contribution in [2.75, 3.05) is 12.8 Å². The second-order valence-corrected chi connectivity index (χ2v) is 10.0. The molecule has 0 saturated carbocycles. The molecule has 0 aliphatic carbocycles. The third kappa shape index (κ3) is 4.87. The molecular weight excluding hydrogens is 332 g/mol. The first-order valence-corrected chi connectivity index (χ1v) is 9.62. The molecule has 22 heavy (non-hydrogen) atoms. The van der Waals surface area contributed by atoms with Crippen LogP contribution in [0.15, 0.2) is 0 Å². The molecule has 1 N–H and O–H groups in total. The van der Waals surface area contributed by atoms with Crippen molar-refractivity contribution >= 4 is 14.2 Å². The van der Waals surface area contributed by atoms with Gasteiger partial charge < -0.3 is 9.74 Å². The molecule has 0 aromatic carbocycles. The predicted molar refractivity (Wildman–Crippen MR) is 69.5 cm³/mol. The molecule has 3 nitrogen and oxygen atoms in total. The van der Waals surface area contributed by atoms with Gasteiger partial charge in [0.1, 0.15) is 0 Å². The van der Waals surface area contributed by atoms with Crippen molar-refractivity contribution in [1.82, 2.24) is 5.32 Å². The van der Waals surface area contributed by atoms with E-state index in [2.05, 4.69) is 0 Å². The lowest BCUT2D eigenvalue weighted by Crippen LogP contribution is -2.54. The highest BCUT2D eigenvalue weighted by Gasteiger charge is 2.61. The van der Waals surface area contributed by atoms with Gasteiger partial charge in [-0.05, 0) is 18.5 Å². The van der Waals surface area contributed by atoms with E-state index in [9.17, 15) is 31.1 Å². The summed E-state index contributed by atoms with van der Waals surface area (Å²) >= 11 is 0. The van der Waals surface area contributed by atoms with Crippen LogP contribution in [-0.2, 0) is 9.22 Å². The quantitative estimate of drug-likeness (QED) is 0.624. The van der Waals surface area contributed by atoms with E-state index in [-0.39, 0.29) is 11.7 Å². The second kappa shape index (κ2) is 6.77. The average Bonchev–Trinajstić information content (AvgIpc) is 2.47. The summed E-state index contributed by atoms with van der Waals surface area (Å²) in [7, 11) is -2.58. The van der Waals surface area contributed by atoms with Crippen LogP contribution in [0.2, 0.25) is 12.1 Å². The first kappa shape index (κ1) is 19.3. The second-order valence-electron chi connectivity index (χ2n) is 5.79. The van der Waals surface area contributed by atoms with E-state index >= 15 is 0 Å². The van der Waals surface area contributed by atoms with Gasteiger partial charge in [0.2, 0.25) is 20.1 Å². The van der Waals surface area contributed by atoms with Crippen LogP contribution >= 0.6 is 0 Å². The molecule has 1 amide bonds. The Labute approximate surface area is 125 Å². The molecule has 0 aromatic rings.